The molecule has 120 valence electrons. The summed E-state index contributed by atoms with van der Waals surface area (Å²) in [6.45, 7) is 8.23. The Bertz CT molecular complexity index is 395. The molecule has 1 amide bonds. The first-order valence-corrected chi connectivity index (χ1v) is 8.33. The molecule has 0 aromatic heterocycles. The van der Waals surface area contributed by atoms with Crippen molar-refractivity contribution in [2.24, 2.45) is 23.5 Å². The number of nitrogens with one attached hydrogen (secondary N) is 1. The average Bonchev–Trinajstić information content (AvgIpc) is 2.82. The molecule has 4 atom stereocenters. The molecular weight excluding hydrogens is 266 g/mol. The molecule has 0 radical (unpaired) electrons. The van der Waals surface area contributed by atoms with E-state index in [0.717, 1.165) is 19.6 Å². The summed E-state index contributed by atoms with van der Waals surface area (Å²) >= 11 is 0. The van der Waals surface area contributed by atoms with Crippen molar-refractivity contribution in [3.05, 3.63) is 0 Å². The van der Waals surface area contributed by atoms with Crippen molar-refractivity contribution in [2.45, 2.75) is 57.7 Å². The molecule has 1 saturated heterocycles. The molecule has 5 nitrogen and oxygen atoms in total. The molecular formula is C16H29N3O2. The topological polar surface area (TPSA) is 67.6 Å². The summed E-state index contributed by atoms with van der Waals surface area (Å²) in [5.41, 5.74) is 5.44. The number of carbonyl (C=O) groups excluding carboxylic acids is 1. The predicted molar refractivity (Wildman–Crippen MR) is 81.9 cm³/mol. The van der Waals surface area contributed by atoms with Crippen LogP contribution in [0.2, 0.25) is 0 Å². The first-order valence-electron chi connectivity index (χ1n) is 8.33. The highest BCUT2D eigenvalue weighted by Gasteiger charge is 2.57. The Morgan fingerprint density at radius 1 is 1.29 bits per heavy atom. The fourth-order valence-corrected chi connectivity index (χ4v) is 4.03. The van der Waals surface area contributed by atoms with E-state index in [0.29, 0.717) is 29.8 Å². The summed E-state index contributed by atoms with van der Waals surface area (Å²) < 4.78 is 5.44. The quantitative estimate of drug-likeness (QED) is 0.829. The molecule has 3 N–H and O–H groups in total. The first-order chi connectivity index (χ1) is 9.89. The maximum absolute atomic E-state index is 12.0. The number of amides is 1. The summed E-state index contributed by atoms with van der Waals surface area (Å²) in [5.74, 6) is 1.89. The smallest absolute Gasteiger partial charge is 0.410 e. The van der Waals surface area contributed by atoms with Crippen LogP contribution in [0, 0.1) is 17.8 Å². The minimum absolute atomic E-state index is 0.158. The van der Waals surface area contributed by atoms with E-state index in [1.54, 1.807) is 0 Å². The van der Waals surface area contributed by atoms with E-state index in [4.69, 9.17) is 10.5 Å². The fourth-order valence-electron chi connectivity index (χ4n) is 4.03. The molecule has 0 aromatic carbocycles. The zero-order chi connectivity index (χ0) is 15.2. The molecule has 1 heterocycles. The molecule has 2 aliphatic carbocycles. The summed E-state index contributed by atoms with van der Waals surface area (Å²) in [4.78, 5) is 13.9. The number of nitrogens with zero attached hydrogens (tertiary/aromatic N) is 1. The predicted octanol–water partition coefficient (Wildman–Crippen LogP) is 1.57. The second-order valence-electron chi connectivity index (χ2n) is 7.94. The van der Waals surface area contributed by atoms with Crippen LogP contribution in [-0.4, -0.2) is 48.3 Å². The van der Waals surface area contributed by atoms with Crippen LogP contribution >= 0.6 is 0 Å². The van der Waals surface area contributed by atoms with Crippen LogP contribution in [0.1, 0.15) is 40.0 Å². The van der Waals surface area contributed by atoms with Crippen LogP contribution in [0.15, 0.2) is 0 Å². The van der Waals surface area contributed by atoms with Gasteiger partial charge >= 0.3 is 6.09 Å². The van der Waals surface area contributed by atoms with Gasteiger partial charge in [0.05, 0.1) is 0 Å². The normalized spacial score (nSPS) is 38.5. The largest absolute Gasteiger partial charge is 0.444 e. The minimum Gasteiger partial charge on any atom is -0.444 e. The Hall–Kier alpha value is -0.810. The van der Waals surface area contributed by atoms with Crippen molar-refractivity contribution < 1.29 is 9.53 Å². The average molecular weight is 295 g/mol. The molecule has 21 heavy (non-hydrogen) atoms. The van der Waals surface area contributed by atoms with Gasteiger partial charge in [0.15, 0.2) is 0 Å². The molecule has 5 heteroatoms. The third-order valence-corrected chi connectivity index (χ3v) is 5.21. The van der Waals surface area contributed by atoms with E-state index in [2.05, 4.69) is 5.32 Å². The monoisotopic (exact) mass is 295 g/mol. The number of hydrogen-bond acceptors (Lipinski definition) is 4. The summed E-state index contributed by atoms with van der Waals surface area (Å²) in [6.07, 6.45) is 3.66. The van der Waals surface area contributed by atoms with E-state index in [1.165, 1.54) is 19.3 Å². The SMILES string of the molecule is CC(C)(C)OC(=O)N1CC2C(C1)C2NC1CCCC1CN. The lowest BCUT2D eigenvalue weighted by Gasteiger charge is -2.27. The third kappa shape index (κ3) is 3.19. The summed E-state index contributed by atoms with van der Waals surface area (Å²) in [5, 5.41) is 3.80. The van der Waals surface area contributed by atoms with Crippen LogP contribution in [0.3, 0.4) is 0 Å². The lowest BCUT2D eigenvalue weighted by atomic mass is 10.0. The Balaban J connectivity index is 1.45. The van der Waals surface area contributed by atoms with Gasteiger partial charge < -0.3 is 20.7 Å². The number of nitrogens with two attached hydrogens (primary N) is 1. The number of carbonyl (C=O) groups is 1. The van der Waals surface area contributed by atoms with Crippen LogP contribution in [0.4, 0.5) is 4.79 Å². The van der Waals surface area contributed by atoms with Gasteiger partial charge in [0.2, 0.25) is 0 Å². The lowest BCUT2D eigenvalue weighted by molar-refractivity contribution is 0.0268. The number of likely N-dealkylation sites (tertiary alicyclic amines) is 1. The second kappa shape index (κ2) is 5.43. The molecule has 0 spiro atoms. The standard InChI is InChI=1S/C16H29N3O2/c1-16(2,3)21-15(20)19-8-11-12(9-19)14(11)18-13-6-4-5-10(13)7-17/h10-14,18H,4-9,17H2,1-3H3. The zero-order valence-corrected chi connectivity index (χ0v) is 13.5. The molecule has 3 rings (SSSR count). The number of fused-ring (bicyclic) bond motifs is 1. The molecule has 4 unspecified atom stereocenters. The second-order valence-corrected chi connectivity index (χ2v) is 7.94. The fraction of sp³-hybridized carbons (Fsp3) is 0.938. The van der Waals surface area contributed by atoms with E-state index in [9.17, 15) is 4.79 Å². The first kappa shape index (κ1) is 15.1. The Morgan fingerprint density at radius 3 is 2.52 bits per heavy atom. The number of rotatable bonds is 3. The maximum atomic E-state index is 12.0. The summed E-state index contributed by atoms with van der Waals surface area (Å²) in [7, 11) is 0. The van der Waals surface area contributed by atoms with Gasteiger partial charge in [-0.1, -0.05) is 6.42 Å². The molecule has 3 aliphatic rings. The third-order valence-electron chi connectivity index (χ3n) is 5.21. The van der Waals surface area contributed by atoms with Crippen molar-refractivity contribution in [2.75, 3.05) is 19.6 Å². The van der Waals surface area contributed by atoms with Gasteiger partial charge in [0.1, 0.15) is 5.60 Å². The van der Waals surface area contributed by atoms with E-state index in [1.807, 2.05) is 25.7 Å². The van der Waals surface area contributed by atoms with Gasteiger partial charge in [-0.05, 0) is 57.9 Å². The van der Waals surface area contributed by atoms with E-state index < -0.39 is 5.60 Å². The lowest BCUT2D eigenvalue weighted by Crippen LogP contribution is -2.43. The minimum atomic E-state index is -0.403. The maximum Gasteiger partial charge on any atom is 0.410 e. The molecule has 3 fully saturated rings. The number of piperidine rings is 1. The van der Waals surface area contributed by atoms with Gasteiger partial charge in [-0.2, -0.15) is 0 Å². The van der Waals surface area contributed by atoms with Crippen molar-refractivity contribution in [1.29, 1.82) is 0 Å². The van der Waals surface area contributed by atoms with Gasteiger partial charge in [-0.15, -0.1) is 0 Å². The van der Waals surface area contributed by atoms with Crippen molar-refractivity contribution in [1.82, 2.24) is 10.2 Å². The highest BCUT2D eigenvalue weighted by Crippen LogP contribution is 2.47. The Morgan fingerprint density at radius 2 is 1.95 bits per heavy atom. The Kier molecular flexibility index (Phi) is 3.91. The Labute approximate surface area is 127 Å². The van der Waals surface area contributed by atoms with Gasteiger partial charge in [0.25, 0.3) is 0 Å². The molecule has 0 aromatic rings. The molecule has 1 aliphatic heterocycles. The van der Waals surface area contributed by atoms with Gasteiger partial charge in [-0.25, -0.2) is 4.79 Å². The number of ether oxygens (including phenoxy) is 1. The van der Waals surface area contributed by atoms with E-state index >= 15 is 0 Å². The molecule has 2 saturated carbocycles. The van der Waals surface area contributed by atoms with Crippen molar-refractivity contribution in [3.63, 3.8) is 0 Å². The van der Waals surface area contributed by atoms with E-state index in [-0.39, 0.29) is 6.09 Å². The van der Waals surface area contributed by atoms with Gasteiger partial charge in [-0.3, -0.25) is 0 Å². The zero-order valence-electron chi connectivity index (χ0n) is 13.5. The highest BCUT2D eigenvalue weighted by atomic mass is 16.6. The van der Waals surface area contributed by atoms with Crippen molar-refractivity contribution >= 4 is 6.09 Å². The van der Waals surface area contributed by atoms with Crippen LogP contribution < -0.4 is 11.1 Å². The summed E-state index contributed by atoms with van der Waals surface area (Å²) in [6, 6.07) is 1.20. The van der Waals surface area contributed by atoms with Crippen LogP contribution in [0.5, 0.6) is 0 Å². The molecule has 0 bridgehead atoms. The number of hydrogen-bond donors (Lipinski definition) is 2. The van der Waals surface area contributed by atoms with Gasteiger partial charge in [0, 0.05) is 25.2 Å². The highest BCUT2D eigenvalue weighted by molar-refractivity contribution is 5.69. The van der Waals surface area contributed by atoms with Crippen LogP contribution in [-0.2, 0) is 4.74 Å². The van der Waals surface area contributed by atoms with Crippen LogP contribution in [0.25, 0.3) is 0 Å². The van der Waals surface area contributed by atoms with Crippen molar-refractivity contribution in [3.8, 4) is 0 Å².